The van der Waals surface area contributed by atoms with E-state index >= 15 is 0 Å². The molecule has 1 saturated carbocycles. The van der Waals surface area contributed by atoms with Crippen LogP contribution >= 0.6 is 0 Å². The van der Waals surface area contributed by atoms with Crippen molar-refractivity contribution in [2.45, 2.75) is 69.9 Å². The molecule has 9 nitrogen and oxygen atoms in total. The molecule has 2 aromatic carbocycles. The van der Waals surface area contributed by atoms with Gasteiger partial charge in [-0.2, -0.15) is 5.26 Å². The van der Waals surface area contributed by atoms with Crippen LogP contribution in [-0.4, -0.2) is 45.0 Å². The molecule has 0 aromatic heterocycles. The van der Waals surface area contributed by atoms with Crippen molar-refractivity contribution in [2.24, 2.45) is 22.6 Å². The zero-order chi connectivity index (χ0) is 27.4. The van der Waals surface area contributed by atoms with Gasteiger partial charge in [0.1, 0.15) is 17.5 Å². The maximum Gasteiger partial charge on any atom is 0.232 e. The first kappa shape index (κ1) is 25.7. The second-order valence-corrected chi connectivity index (χ2v) is 11.6. The van der Waals surface area contributed by atoms with E-state index < -0.39 is 35.2 Å². The number of guanidine groups is 1. The zero-order valence-corrected chi connectivity index (χ0v) is 22.0. The summed E-state index contributed by atoms with van der Waals surface area (Å²) in [4.78, 5) is 32.9. The van der Waals surface area contributed by atoms with E-state index in [9.17, 15) is 20.0 Å². The summed E-state index contributed by atoms with van der Waals surface area (Å²) in [6, 6.07) is 15.3. The van der Waals surface area contributed by atoms with Gasteiger partial charge in [-0.3, -0.25) is 14.5 Å². The molecular formula is C29H33N5O4. The number of fused-ring (bicyclic) bond motifs is 1. The lowest BCUT2D eigenvalue weighted by Crippen LogP contribution is -2.54. The number of ether oxygens (including phenoxy) is 1. The molecule has 9 heteroatoms. The maximum atomic E-state index is 13.6. The van der Waals surface area contributed by atoms with Gasteiger partial charge in [0, 0.05) is 11.5 Å². The first-order valence-electron chi connectivity index (χ1n) is 12.9. The van der Waals surface area contributed by atoms with Gasteiger partial charge in [-0.1, -0.05) is 30.3 Å². The quantitative estimate of drug-likeness (QED) is 0.559. The average Bonchev–Trinajstić information content (AvgIpc) is 3.64. The Morgan fingerprint density at radius 2 is 1.89 bits per heavy atom. The lowest BCUT2D eigenvalue weighted by Gasteiger charge is -2.42. The Morgan fingerprint density at radius 3 is 2.55 bits per heavy atom. The van der Waals surface area contributed by atoms with Gasteiger partial charge in [0.05, 0.1) is 35.7 Å². The number of nitrogens with zero attached hydrogens (tertiary/aromatic N) is 3. The van der Waals surface area contributed by atoms with Crippen molar-refractivity contribution in [2.75, 3.05) is 0 Å². The molecular weight excluding hydrogens is 482 g/mol. The monoisotopic (exact) mass is 515 g/mol. The van der Waals surface area contributed by atoms with Crippen LogP contribution in [0.15, 0.2) is 53.5 Å². The molecule has 0 saturated heterocycles. The molecule has 2 aliphatic heterocycles. The first-order chi connectivity index (χ1) is 17.9. The number of rotatable bonds is 5. The van der Waals surface area contributed by atoms with E-state index in [2.05, 4.69) is 16.4 Å². The third kappa shape index (κ3) is 4.61. The normalized spacial score (nSPS) is 27.7. The number of amides is 2. The highest BCUT2D eigenvalue weighted by Crippen LogP contribution is 2.52. The number of hydrogen-bond donors (Lipinski definition) is 3. The van der Waals surface area contributed by atoms with Crippen molar-refractivity contribution in [3.8, 4) is 11.8 Å². The molecule has 2 amide bonds. The summed E-state index contributed by atoms with van der Waals surface area (Å²) < 4.78 is 5.98. The Hall–Kier alpha value is -3.90. The van der Waals surface area contributed by atoms with Crippen molar-refractivity contribution < 1.29 is 19.4 Å². The van der Waals surface area contributed by atoms with Gasteiger partial charge >= 0.3 is 0 Å². The molecule has 198 valence electrons. The maximum absolute atomic E-state index is 13.6. The van der Waals surface area contributed by atoms with Gasteiger partial charge in [-0.25, -0.2) is 4.99 Å². The van der Waals surface area contributed by atoms with Crippen LogP contribution in [0.25, 0.3) is 0 Å². The summed E-state index contributed by atoms with van der Waals surface area (Å²) in [5.41, 5.74) is 6.84. The summed E-state index contributed by atoms with van der Waals surface area (Å²) >= 11 is 0. The van der Waals surface area contributed by atoms with E-state index in [1.54, 1.807) is 38.1 Å². The molecule has 2 heterocycles. The second kappa shape index (κ2) is 9.14. The van der Waals surface area contributed by atoms with E-state index in [1.165, 1.54) is 4.90 Å². The number of nitrogens with two attached hydrogens (primary N) is 1. The van der Waals surface area contributed by atoms with Crippen molar-refractivity contribution in [3.63, 3.8) is 0 Å². The van der Waals surface area contributed by atoms with E-state index in [4.69, 9.17) is 10.5 Å². The fourth-order valence-electron chi connectivity index (χ4n) is 5.65. The van der Waals surface area contributed by atoms with E-state index in [1.807, 2.05) is 38.1 Å². The van der Waals surface area contributed by atoms with Crippen LogP contribution in [-0.2, 0) is 9.59 Å². The number of para-hydroxylation sites is 1. The van der Waals surface area contributed by atoms with Gasteiger partial charge in [0.25, 0.3) is 0 Å². The van der Waals surface area contributed by atoms with Crippen LogP contribution in [0.3, 0.4) is 0 Å². The number of nitrogens with one attached hydrogen (secondary N) is 1. The number of hydrogen-bond acceptors (Lipinski definition) is 7. The van der Waals surface area contributed by atoms with E-state index in [0.29, 0.717) is 17.7 Å². The third-order valence-corrected chi connectivity index (χ3v) is 7.71. The number of benzene rings is 2. The fourth-order valence-corrected chi connectivity index (χ4v) is 5.65. The standard InChI is InChI=1S/C29H33N5O4/c1-28(2)14-22(35)34(27(31)33-28)24(17-11-9-16(15-30)10-12-17)19-13-20(19)26(37)32-23-18-7-5-6-8-21(18)38-29(3,4)25(23)36/h5-12,19-20,23-25,36H,13-14H2,1-4H3,(H2,31,33)(H,32,37). The van der Waals surface area contributed by atoms with Crippen LogP contribution in [0.2, 0.25) is 0 Å². The molecule has 2 aromatic rings. The van der Waals surface area contributed by atoms with Gasteiger partial charge in [-0.15, -0.1) is 0 Å². The average molecular weight is 516 g/mol. The summed E-state index contributed by atoms with van der Waals surface area (Å²) in [6.07, 6.45) is -0.215. The van der Waals surface area contributed by atoms with Crippen LogP contribution in [0.4, 0.5) is 0 Å². The molecule has 5 rings (SSSR count). The molecule has 5 atom stereocenters. The molecule has 4 N–H and O–H groups in total. The largest absolute Gasteiger partial charge is 0.485 e. The van der Waals surface area contributed by atoms with Crippen LogP contribution in [0.5, 0.6) is 5.75 Å². The Bertz CT molecular complexity index is 1340. The SMILES string of the molecule is CC1(C)CC(=O)N(C(c2ccc(C#N)cc2)C2CC2C(=O)NC2c3ccccc3OC(C)(C)C2O)C(N)=N1. The molecule has 3 aliphatic rings. The Balaban J connectivity index is 1.43. The number of aliphatic hydroxyl groups excluding tert-OH is 1. The first-order valence-corrected chi connectivity index (χ1v) is 12.9. The van der Waals surface area contributed by atoms with Crippen molar-refractivity contribution >= 4 is 17.8 Å². The second-order valence-electron chi connectivity index (χ2n) is 11.6. The van der Waals surface area contributed by atoms with Crippen LogP contribution < -0.4 is 15.8 Å². The third-order valence-electron chi connectivity index (χ3n) is 7.71. The highest BCUT2D eigenvalue weighted by atomic mass is 16.5. The van der Waals surface area contributed by atoms with Crippen molar-refractivity contribution in [3.05, 3.63) is 65.2 Å². The van der Waals surface area contributed by atoms with Gasteiger partial charge < -0.3 is 20.9 Å². The lowest BCUT2D eigenvalue weighted by molar-refractivity contribution is -0.132. The van der Waals surface area contributed by atoms with Crippen molar-refractivity contribution in [1.82, 2.24) is 10.2 Å². The highest BCUT2D eigenvalue weighted by molar-refractivity contribution is 5.99. The highest BCUT2D eigenvalue weighted by Gasteiger charge is 2.54. The molecule has 0 radical (unpaired) electrons. The number of aliphatic hydroxyl groups is 1. The molecule has 5 unspecified atom stereocenters. The molecule has 1 fully saturated rings. The molecule has 38 heavy (non-hydrogen) atoms. The van der Waals surface area contributed by atoms with E-state index in [0.717, 1.165) is 11.1 Å². The minimum atomic E-state index is -0.957. The molecule has 0 spiro atoms. The molecule has 0 bridgehead atoms. The summed E-state index contributed by atoms with van der Waals surface area (Å²) in [7, 11) is 0. The predicted octanol–water partition coefficient (Wildman–Crippen LogP) is 2.95. The predicted molar refractivity (Wildman–Crippen MR) is 141 cm³/mol. The van der Waals surface area contributed by atoms with Gasteiger partial charge in [0.15, 0.2) is 5.96 Å². The Morgan fingerprint density at radius 1 is 1.21 bits per heavy atom. The minimum Gasteiger partial charge on any atom is -0.485 e. The van der Waals surface area contributed by atoms with Gasteiger partial charge in [-0.05, 0) is 63.8 Å². The summed E-state index contributed by atoms with van der Waals surface area (Å²) in [6.45, 7) is 7.30. The summed E-state index contributed by atoms with van der Waals surface area (Å²) in [5, 5.41) is 23.4. The Kier molecular flexibility index (Phi) is 6.19. The number of carbonyl (C=O) groups excluding carboxylic acids is 2. The van der Waals surface area contributed by atoms with Crippen LogP contribution in [0, 0.1) is 23.2 Å². The fraction of sp³-hybridized carbons (Fsp3) is 0.448. The smallest absolute Gasteiger partial charge is 0.232 e. The van der Waals surface area contributed by atoms with Gasteiger partial charge in [0.2, 0.25) is 11.8 Å². The van der Waals surface area contributed by atoms with Crippen LogP contribution in [0.1, 0.15) is 69.3 Å². The van der Waals surface area contributed by atoms with Crippen molar-refractivity contribution in [1.29, 1.82) is 5.26 Å². The minimum absolute atomic E-state index is 0.127. The molecule has 1 aliphatic carbocycles. The summed E-state index contributed by atoms with van der Waals surface area (Å²) in [5.74, 6) is -0.203. The number of nitriles is 1. The zero-order valence-electron chi connectivity index (χ0n) is 22.0. The van der Waals surface area contributed by atoms with E-state index in [-0.39, 0.29) is 30.1 Å². The topological polar surface area (TPSA) is 141 Å². The number of aliphatic imine (C=N–C) groups is 1. The number of carbonyl (C=O) groups is 2. The lowest BCUT2D eigenvalue weighted by atomic mass is 9.86. The Labute approximate surface area is 222 Å².